The molecule has 0 fully saturated rings. The molecule has 0 atom stereocenters. The lowest BCUT2D eigenvalue weighted by molar-refractivity contribution is -0.0119. The molecule has 0 saturated carbocycles. The van der Waals surface area contributed by atoms with Crippen molar-refractivity contribution in [2.75, 3.05) is 104 Å². The summed E-state index contributed by atoms with van der Waals surface area (Å²) in [5.74, 6) is 0. The number of sulfonamides is 2. The number of rotatable bonds is 24. The van der Waals surface area contributed by atoms with Crippen molar-refractivity contribution in [2.24, 2.45) is 8.80 Å². The Labute approximate surface area is 369 Å². The van der Waals surface area contributed by atoms with Crippen molar-refractivity contribution in [3.8, 4) is 0 Å². The Hall–Kier alpha value is -5.40. The van der Waals surface area contributed by atoms with Gasteiger partial charge in [0.15, 0.2) is 0 Å². The van der Waals surface area contributed by atoms with Crippen molar-refractivity contribution in [1.29, 1.82) is 0 Å². The number of fused-ring (bicyclic) bond motifs is 2. The lowest BCUT2D eigenvalue weighted by Gasteiger charge is -2.16. The van der Waals surface area contributed by atoms with Crippen molar-refractivity contribution < 1.29 is 40.5 Å². The lowest BCUT2D eigenvalue weighted by Crippen LogP contribution is -2.24. The van der Waals surface area contributed by atoms with E-state index in [-0.39, 0.29) is 9.79 Å². The van der Waals surface area contributed by atoms with Gasteiger partial charge in [-0.15, -0.1) is 8.80 Å². The Morgan fingerprint density at radius 1 is 0.413 bits per heavy atom. The van der Waals surface area contributed by atoms with Crippen LogP contribution in [0.15, 0.2) is 140 Å². The first-order chi connectivity index (χ1) is 30.5. The molecule has 0 saturated heterocycles. The summed E-state index contributed by atoms with van der Waals surface area (Å²) < 4.78 is 94.4. The van der Waals surface area contributed by atoms with E-state index < -0.39 is 20.0 Å². The maximum atomic E-state index is 13.5. The fourth-order valence-electron chi connectivity index (χ4n) is 6.89. The molecule has 2 heterocycles. The van der Waals surface area contributed by atoms with E-state index in [1.165, 1.54) is 0 Å². The van der Waals surface area contributed by atoms with Gasteiger partial charge in [-0.1, -0.05) is 60.7 Å². The van der Waals surface area contributed by atoms with Crippen LogP contribution >= 0.6 is 0 Å². The van der Waals surface area contributed by atoms with Gasteiger partial charge in [-0.3, -0.25) is 0 Å². The highest BCUT2D eigenvalue weighted by atomic mass is 32.2. The van der Waals surface area contributed by atoms with Crippen LogP contribution in [-0.4, -0.2) is 120 Å². The topological polar surface area (TPSA) is 155 Å². The Balaban J connectivity index is 0.832. The lowest BCUT2D eigenvalue weighted by atomic mass is 10.1. The molecule has 0 bridgehead atoms. The van der Waals surface area contributed by atoms with Crippen LogP contribution in [0.25, 0.3) is 21.5 Å². The molecule has 0 aliphatic carbocycles. The summed E-state index contributed by atoms with van der Waals surface area (Å²) in [4.78, 5) is 4.22. The summed E-state index contributed by atoms with van der Waals surface area (Å²) in [5, 5.41) is 2.91. The van der Waals surface area contributed by atoms with Gasteiger partial charge in [0.05, 0.1) is 75.9 Å². The number of aromatic nitrogens is 2. The minimum absolute atomic E-state index is 0.156. The first-order valence-electron chi connectivity index (χ1n) is 20.7. The minimum Gasteiger partial charge on any atom is -0.377 e. The molecule has 0 radical (unpaired) electrons. The Bertz CT molecular complexity index is 2620. The van der Waals surface area contributed by atoms with Crippen molar-refractivity contribution in [2.45, 2.75) is 22.9 Å². The zero-order valence-corrected chi connectivity index (χ0v) is 37.8. The highest BCUT2D eigenvalue weighted by Crippen LogP contribution is 2.32. The number of pyridine rings is 2. The highest BCUT2D eigenvalue weighted by molar-refractivity contribution is 7.90. The van der Waals surface area contributed by atoms with Gasteiger partial charge in [0.25, 0.3) is 20.0 Å². The normalized spacial score (nSPS) is 12.7. The summed E-state index contributed by atoms with van der Waals surface area (Å²) in [6.45, 7) is 4.61. The monoisotopic (exact) mass is 900 g/mol. The van der Waals surface area contributed by atoms with Crippen LogP contribution in [0.2, 0.25) is 0 Å². The van der Waals surface area contributed by atoms with Crippen LogP contribution in [-0.2, 0) is 56.8 Å². The Morgan fingerprint density at radius 2 is 0.746 bits per heavy atom. The minimum atomic E-state index is -4.01. The van der Waals surface area contributed by atoms with Crippen LogP contribution in [0, 0.1) is 0 Å². The maximum absolute atomic E-state index is 13.5. The van der Waals surface area contributed by atoms with Gasteiger partial charge < -0.3 is 42.6 Å². The smallest absolute Gasteiger partial charge is 0.284 e. The van der Waals surface area contributed by atoms with Gasteiger partial charge in [0, 0.05) is 86.6 Å². The van der Waals surface area contributed by atoms with Gasteiger partial charge in [-0.25, -0.2) is 0 Å². The largest absolute Gasteiger partial charge is 0.377 e. The summed E-state index contributed by atoms with van der Waals surface area (Å²) in [5.41, 5.74) is 2.47. The molecule has 0 amide bonds. The first-order valence-corrected chi connectivity index (χ1v) is 23.5. The zero-order valence-electron chi connectivity index (χ0n) is 36.2. The number of benzene rings is 4. The second kappa shape index (κ2) is 22.8. The van der Waals surface area contributed by atoms with E-state index in [1.807, 2.05) is 86.5 Å². The SMILES string of the molecule is CN(C)c1cccc2c(S(=O)(=O)/N=c3\ccccn3CCOCCOCCOCCOCCOCCn3cccc/c3=N\S(=O)(=O)c3cccc4c(N(C)C)cccc34)cccc12. The Kier molecular flexibility index (Phi) is 17.0. The molecule has 336 valence electrons. The number of hydrogen-bond acceptors (Lipinski definition) is 11. The maximum Gasteiger partial charge on any atom is 0.284 e. The van der Waals surface area contributed by atoms with Crippen LogP contribution in [0.5, 0.6) is 0 Å². The second-order valence-electron chi connectivity index (χ2n) is 14.7. The fraction of sp³-hybridized carbons (Fsp3) is 0.348. The first kappa shape index (κ1) is 47.1. The van der Waals surface area contributed by atoms with Crippen molar-refractivity contribution >= 4 is 53.0 Å². The van der Waals surface area contributed by atoms with E-state index in [0.29, 0.717) is 101 Å². The predicted molar refractivity (Wildman–Crippen MR) is 245 cm³/mol. The number of ether oxygens (including phenoxy) is 5. The molecule has 2 aromatic heterocycles. The fourth-order valence-corrected chi connectivity index (χ4v) is 9.32. The van der Waals surface area contributed by atoms with E-state index in [0.717, 1.165) is 22.1 Å². The van der Waals surface area contributed by atoms with Gasteiger partial charge in [0.1, 0.15) is 11.0 Å². The average molecular weight is 901 g/mol. The van der Waals surface area contributed by atoms with Crippen molar-refractivity contribution in [3.05, 3.63) is 133 Å². The summed E-state index contributed by atoms with van der Waals surface area (Å²) in [7, 11) is -0.330. The predicted octanol–water partition coefficient (Wildman–Crippen LogP) is 5.09. The quantitative estimate of drug-likeness (QED) is 0.0747. The van der Waals surface area contributed by atoms with Crippen molar-refractivity contribution in [3.63, 3.8) is 0 Å². The molecule has 4 aromatic carbocycles. The molecule has 0 aliphatic heterocycles. The van der Waals surface area contributed by atoms with E-state index in [9.17, 15) is 16.8 Å². The molecule has 15 nitrogen and oxygen atoms in total. The van der Waals surface area contributed by atoms with E-state index in [4.69, 9.17) is 23.7 Å². The standard InChI is InChI=1S/C46H56N6O9S2/c1-49(2)41-17-9-15-39-37(41)13-11-19-43(39)62(53,54)47-45-21-5-7-23-51(45)25-27-57-29-31-59-33-35-61-36-34-60-32-30-58-28-26-52-24-8-6-22-46(52)48-63(55,56)44-20-12-14-38-40(44)16-10-18-42(38)50(3)4/h5-24H,25-36H2,1-4H3/b47-45+,48-46+. The van der Waals surface area contributed by atoms with Crippen LogP contribution in [0.3, 0.4) is 0 Å². The highest BCUT2D eigenvalue weighted by Gasteiger charge is 2.19. The van der Waals surface area contributed by atoms with Crippen LogP contribution < -0.4 is 20.8 Å². The molecule has 0 N–H and O–H groups in total. The average Bonchev–Trinajstić information content (AvgIpc) is 3.27. The number of anilines is 2. The van der Waals surface area contributed by atoms with Crippen LogP contribution in [0.4, 0.5) is 11.4 Å². The summed E-state index contributed by atoms with van der Waals surface area (Å²) in [6.07, 6.45) is 3.56. The third-order valence-corrected chi connectivity index (χ3v) is 12.6. The molecule has 6 rings (SSSR count). The van der Waals surface area contributed by atoms with Gasteiger partial charge >= 0.3 is 0 Å². The molecule has 63 heavy (non-hydrogen) atoms. The third-order valence-electron chi connectivity index (χ3n) is 9.94. The molecule has 17 heteroatoms. The van der Waals surface area contributed by atoms with Crippen LogP contribution in [0.1, 0.15) is 0 Å². The Morgan fingerprint density at radius 3 is 1.11 bits per heavy atom. The van der Waals surface area contributed by atoms with Gasteiger partial charge in [-0.2, -0.15) is 16.8 Å². The van der Waals surface area contributed by atoms with E-state index in [1.54, 1.807) is 82.2 Å². The molecule has 0 unspecified atom stereocenters. The zero-order chi connectivity index (χ0) is 44.7. The third kappa shape index (κ3) is 12.8. The van der Waals surface area contributed by atoms with Gasteiger partial charge in [-0.05, 0) is 48.5 Å². The summed E-state index contributed by atoms with van der Waals surface area (Å²) in [6, 6.07) is 32.2. The molecule has 6 aromatic rings. The number of nitrogens with zero attached hydrogens (tertiary/aromatic N) is 6. The molecule has 0 spiro atoms. The second-order valence-corrected chi connectivity index (χ2v) is 17.9. The van der Waals surface area contributed by atoms with E-state index in [2.05, 4.69) is 8.80 Å². The summed E-state index contributed by atoms with van der Waals surface area (Å²) >= 11 is 0. The van der Waals surface area contributed by atoms with Crippen molar-refractivity contribution in [1.82, 2.24) is 9.13 Å². The number of hydrogen-bond donors (Lipinski definition) is 0. The molecular formula is C46H56N6O9S2. The molecular weight excluding hydrogens is 845 g/mol. The van der Waals surface area contributed by atoms with E-state index >= 15 is 0 Å². The molecule has 0 aliphatic rings. The van der Waals surface area contributed by atoms with Gasteiger partial charge in [0.2, 0.25) is 0 Å².